The van der Waals surface area contributed by atoms with Crippen molar-refractivity contribution in [3.05, 3.63) is 332 Å². The van der Waals surface area contributed by atoms with Crippen molar-refractivity contribution in [2.45, 2.75) is 26.2 Å². The molecule has 0 atom stereocenters. The maximum atomic E-state index is 15.8. The third-order valence-electron chi connectivity index (χ3n) is 19.2. The number of allylic oxidation sites excluding steroid dienone is 2. The van der Waals surface area contributed by atoms with Gasteiger partial charge < -0.3 is 0 Å². The molecule has 0 aliphatic heterocycles. The van der Waals surface area contributed by atoms with Crippen molar-refractivity contribution in [1.82, 2.24) is 9.97 Å². The van der Waals surface area contributed by atoms with E-state index < -0.39 is 109 Å². The van der Waals surface area contributed by atoms with Gasteiger partial charge in [-0.25, -0.2) is 44.8 Å². The SMILES string of the molecule is [C-]#[N+]c1c(F)c(F)c(/C(C#N)=C2\c3cc(-c4ccc5ccccc5c4)c(C)cc3-c3cc(C(F)(F)F)c(-c4ccc5ccccc5c4)cc32)c(F)c1F.[C-]#[N+]c1c(F)c(F)c(/C(C#N)=C2\c3cc(-c4nccc5ccccc45)c(C)cc3-c3cc(C(F)(F)F)c(-c4nccc5ccccc45)cc32)c(F)c1F. The summed E-state index contributed by atoms with van der Waals surface area (Å²) in [7, 11) is 0. The summed E-state index contributed by atoms with van der Waals surface area (Å²) >= 11 is 0. The first-order chi connectivity index (χ1) is 50.8. The van der Waals surface area contributed by atoms with Gasteiger partial charge in [0, 0.05) is 45.4 Å². The zero-order valence-electron chi connectivity index (χ0n) is 54.6. The first-order valence-corrected chi connectivity index (χ1v) is 32.1. The Balaban J connectivity index is 0.000000170. The van der Waals surface area contributed by atoms with Crippen LogP contribution in [0.3, 0.4) is 0 Å². The summed E-state index contributed by atoms with van der Waals surface area (Å²) < 4.78 is 213. The molecule has 0 spiro atoms. The minimum Gasteiger partial charge on any atom is -0.256 e. The van der Waals surface area contributed by atoms with Gasteiger partial charge in [-0.2, -0.15) is 36.9 Å². The van der Waals surface area contributed by atoms with Crippen molar-refractivity contribution >= 4 is 76.8 Å². The van der Waals surface area contributed by atoms with Crippen LogP contribution in [0.15, 0.2) is 207 Å². The molecule has 0 bridgehead atoms. The van der Waals surface area contributed by atoms with Crippen LogP contribution in [0.4, 0.5) is 72.8 Å². The standard InChI is InChI=1S/C44H21F7N2.C42H19F7N4/c1-22-15-31-32-20-36(44(49,50)51)30(28-14-12-24-8-4-6-10-26(24)17-28)19-34(32)37(35(21-52)38-39(45)41(47)43(53-2)42(48)40(38)46)33(31)18-29(22)27-13-11-23-7-3-5-9-25(23)16-27;1-20-15-26-27-18-32(42(47,48)49)30(40-24-10-6-4-8-22(24)12-14-53-40)17-29(27)33(31(19-50)34-35(43)37(45)41(51-2)38(46)36(34)44)28(26)16-25(20)39-23-9-5-3-7-21(23)11-13-52-39/h3-20H,1H3;3-18H,1H3/b37-35+;33-31+. The van der Waals surface area contributed by atoms with E-state index in [0.29, 0.717) is 49.7 Å². The average Bonchev–Trinajstić information content (AvgIpc) is 1.65. The van der Waals surface area contributed by atoms with Gasteiger partial charge in [-0.1, -0.05) is 133 Å². The molecule has 512 valence electrons. The summed E-state index contributed by atoms with van der Waals surface area (Å²) in [5.74, 6) is -16.0. The number of benzene rings is 12. The van der Waals surface area contributed by atoms with Gasteiger partial charge in [-0.05, 0) is 185 Å². The summed E-state index contributed by atoms with van der Waals surface area (Å²) in [6.45, 7) is 17.6. The van der Waals surface area contributed by atoms with E-state index in [2.05, 4.69) is 19.7 Å². The van der Waals surface area contributed by atoms with Crippen LogP contribution in [0.5, 0.6) is 0 Å². The molecule has 6 nitrogen and oxygen atoms in total. The minimum absolute atomic E-state index is 0.00311. The van der Waals surface area contributed by atoms with Gasteiger partial charge in [0.15, 0.2) is 46.5 Å². The fourth-order valence-electron chi connectivity index (χ4n) is 14.4. The van der Waals surface area contributed by atoms with Crippen molar-refractivity contribution < 1.29 is 61.5 Å². The number of pyridine rings is 2. The molecule has 20 heteroatoms. The Morgan fingerprint density at radius 3 is 1.08 bits per heavy atom. The van der Waals surface area contributed by atoms with E-state index in [1.165, 1.54) is 18.3 Å². The van der Waals surface area contributed by atoms with Crippen molar-refractivity contribution in [2.24, 2.45) is 0 Å². The number of nitrogens with zero attached hydrogens (tertiary/aromatic N) is 6. The van der Waals surface area contributed by atoms with Crippen molar-refractivity contribution in [2.75, 3.05) is 0 Å². The zero-order valence-corrected chi connectivity index (χ0v) is 54.6. The van der Waals surface area contributed by atoms with Crippen molar-refractivity contribution in [3.63, 3.8) is 0 Å². The third-order valence-corrected chi connectivity index (χ3v) is 19.2. The Morgan fingerprint density at radius 2 is 0.670 bits per heavy atom. The van der Waals surface area contributed by atoms with Gasteiger partial charge in [-0.15, -0.1) is 0 Å². The molecule has 14 aromatic rings. The molecule has 2 aliphatic rings. The summed E-state index contributed by atoms with van der Waals surface area (Å²) in [6, 6.07) is 56.4. The van der Waals surface area contributed by atoms with Gasteiger partial charge >= 0.3 is 12.4 Å². The summed E-state index contributed by atoms with van der Waals surface area (Å²) in [6.07, 6.45) is -6.86. The Bertz CT molecular complexity index is 6430. The van der Waals surface area contributed by atoms with E-state index >= 15 is 48.3 Å². The molecule has 0 unspecified atom stereocenters. The predicted molar refractivity (Wildman–Crippen MR) is 379 cm³/mol. The van der Waals surface area contributed by atoms with E-state index in [9.17, 15) is 23.7 Å². The van der Waals surface area contributed by atoms with Crippen molar-refractivity contribution in [1.29, 1.82) is 10.5 Å². The van der Waals surface area contributed by atoms with E-state index in [0.717, 1.165) is 45.1 Å². The van der Waals surface area contributed by atoms with E-state index in [1.807, 2.05) is 60.7 Å². The second kappa shape index (κ2) is 25.7. The van der Waals surface area contributed by atoms with Crippen LogP contribution in [-0.4, -0.2) is 9.97 Å². The Morgan fingerprint density at radius 1 is 0.340 bits per heavy atom. The maximum Gasteiger partial charge on any atom is 0.417 e. The molecule has 0 fully saturated rings. The zero-order chi connectivity index (χ0) is 74.7. The highest BCUT2D eigenvalue weighted by molar-refractivity contribution is 6.17. The summed E-state index contributed by atoms with van der Waals surface area (Å²) in [5, 5.41) is 26.9. The highest BCUT2D eigenvalue weighted by Crippen LogP contribution is 2.57. The summed E-state index contributed by atoms with van der Waals surface area (Å²) in [5.41, 5.74) is -6.74. The van der Waals surface area contributed by atoms with E-state index in [1.54, 1.807) is 135 Å². The Hall–Kier alpha value is -13.6. The third kappa shape index (κ3) is 11.0. The van der Waals surface area contributed by atoms with Gasteiger partial charge in [0.05, 0.1) is 57.9 Å². The number of halogens is 14. The summed E-state index contributed by atoms with van der Waals surface area (Å²) in [4.78, 5) is 14.0. The normalized spacial score (nSPS) is 13.1. The lowest BCUT2D eigenvalue weighted by atomic mass is 9.88. The van der Waals surface area contributed by atoms with Crippen LogP contribution >= 0.6 is 0 Å². The van der Waals surface area contributed by atoms with Gasteiger partial charge in [0.2, 0.25) is 0 Å². The molecule has 2 heterocycles. The van der Waals surface area contributed by atoms with Crippen LogP contribution in [0.2, 0.25) is 0 Å². The van der Waals surface area contributed by atoms with Crippen LogP contribution < -0.4 is 0 Å². The number of hydrogen-bond acceptors (Lipinski definition) is 4. The second-order valence-corrected chi connectivity index (χ2v) is 25.1. The maximum absolute atomic E-state index is 15.8. The van der Waals surface area contributed by atoms with Gasteiger partial charge in [-0.3, -0.25) is 9.97 Å². The number of aromatic nitrogens is 2. The van der Waals surface area contributed by atoms with Crippen LogP contribution in [0.25, 0.3) is 142 Å². The topological polar surface area (TPSA) is 82.1 Å². The number of nitriles is 2. The number of fused-ring (bicyclic) bond motifs is 10. The molecule has 0 amide bonds. The second-order valence-electron chi connectivity index (χ2n) is 25.1. The van der Waals surface area contributed by atoms with Gasteiger partial charge in [0.25, 0.3) is 11.4 Å². The molecule has 0 radical (unpaired) electrons. The number of alkyl halides is 6. The fraction of sp³-hybridized carbons (Fsp3) is 0.0465. The molecule has 0 saturated heterocycles. The predicted octanol–water partition coefficient (Wildman–Crippen LogP) is 25.2. The number of hydrogen-bond donors (Lipinski definition) is 0. The highest BCUT2D eigenvalue weighted by Gasteiger charge is 2.42. The van der Waals surface area contributed by atoms with Crippen LogP contribution in [-0.2, 0) is 12.4 Å². The monoisotopic (exact) mass is 1420 g/mol. The van der Waals surface area contributed by atoms with Crippen molar-refractivity contribution in [3.8, 4) is 79.2 Å². The first kappa shape index (κ1) is 68.2. The number of rotatable bonds is 6. The molecule has 2 aromatic heterocycles. The van der Waals surface area contributed by atoms with Gasteiger partial charge in [0.1, 0.15) is 12.1 Å². The average molecular weight is 1420 g/mol. The molecule has 0 N–H and O–H groups in total. The largest absolute Gasteiger partial charge is 0.417 e. The molecular weight excluding hydrogens is 1380 g/mol. The van der Waals surface area contributed by atoms with Crippen LogP contribution in [0.1, 0.15) is 55.6 Å². The molecule has 16 rings (SSSR count). The van der Waals surface area contributed by atoms with E-state index in [-0.39, 0.29) is 72.5 Å². The lowest BCUT2D eigenvalue weighted by Crippen LogP contribution is -2.09. The first-order valence-electron chi connectivity index (χ1n) is 32.1. The molecule has 2 aliphatic carbocycles. The molecule has 12 aromatic carbocycles. The quantitative estimate of drug-likeness (QED) is 0.0719. The smallest absolute Gasteiger partial charge is 0.256 e. The minimum atomic E-state index is -4.92. The van der Waals surface area contributed by atoms with Crippen LogP contribution in [0, 0.1) is 96.2 Å². The van der Waals surface area contributed by atoms with E-state index in [4.69, 9.17) is 13.1 Å². The lowest BCUT2D eigenvalue weighted by Gasteiger charge is -2.17. The Labute approximate surface area is 592 Å². The highest BCUT2D eigenvalue weighted by atomic mass is 19.4. The number of aryl methyl sites for hydroxylation is 2. The Kier molecular flexibility index (Phi) is 16.6. The molecular formula is C86H40F14N6. The lowest BCUT2D eigenvalue weighted by molar-refractivity contribution is -0.137. The molecule has 0 saturated carbocycles. The fourth-order valence-corrected chi connectivity index (χ4v) is 14.4. The molecule has 106 heavy (non-hydrogen) atoms.